The van der Waals surface area contributed by atoms with Crippen LogP contribution in [0.4, 0.5) is 0 Å². The average Bonchev–Trinajstić information content (AvgIpc) is 2.22. The molecule has 0 aliphatic rings. The zero-order valence-electron chi connectivity index (χ0n) is 12.6. The number of hydrogen-bond acceptors (Lipinski definition) is 1. The van der Waals surface area contributed by atoms with Crippen LogP contribution in [0.25, 0.3) is 0 Å². The predicted molar refractivity (Wildman–Crippen MR) is 83.5 cm³/mol. The maximum atomic E-state index is 4.36. The molecule has 0 fully saturated rings. The average molecular weight is 263 g/mol. The fourth-order valence-corrected chi connectivity index (χ4v) is 5.47. The molecule has 0 spiro atoms. The Bertz CT molecular complexity index is 368. The van der Waals surface area contributed by atoms with Crippen LogP contribution in [0.3, 0.4) is 0 Å². The van der Waals surface area contributed by atoms with Gasteiger partial charge < -0.3 is 0 Å². The third-order valence-corrected chi connectivity index (χ3v) is 6.15. The minimum absolute atomic E-state index is 0.147. The number of nitrogens with zero attached hydrogens (tertiary/aromatic N) is 1. The van der Waals surface area contributed by atoms with Gasteiger partial charge in [0.15, 0.2) is 0 Å². The van der Waals surface area contributed by atoms with Crippen LogP contribution in [0, 0.1) is 0 Å². The van der Waals surface area contributed by atoms with E-state index in [-0.39, 0.29) is 7.92 Å². The highest BCUT2D eigenvalue weighted by Gasteiger charge is 2.31. The minimum atomic E-state index is -0.147. The molecular formula is C16H26NP. The van der Waals surface area contributed by atoms with Crippen LogP contribution in [0.2, 0.25) is 0 Å². The predicted octanol–water partition coefficient (Wildman–Crippen LogP) is 5.22. The second-order valence-electron chi connectivity index (χ2n) is 6.62. The Morgan fingerprint density at radius 2 is 1.67 bits per heavy atom. The number of allylic oxidation sites excluding steroid dienone is 1. The lowest BCUT2D eigenvalue weighted by atomic mass is 10.2. The van der Waals surface area contributed by atoms with Crippen molar-refractivity contribution >= 4 is 7.92 Å². The van der Waals surface area contributed by atoms with E-state index in [4.69, 9.17) is 0 Å². The SMILES string of the molecule is CC(C)(C)P(C=CCc1ccccn1)C(C)(C)C. The van der Waals surface area contributed by atoms with Gasteiger partial charge in [-0.05, 0) is 22.4 Å². The summed E-state index contributed by atoms with van der Waals surface area (Å²) in [5.41, 5.74) is 1.14. The third kappa shape index (κ3) is 4.90. The summed E-state index contributed by atoms with van der Waals surface area (Å²) >= 11 is 0. The summed E-state index contributed by atoms with van der Waals surface area (Å²) in [7, 11) is -0.147. The molecule has 2 heteroatoms. The minimum Gasteiger partial charge on any atom is -0.261 e. The van der Waals surface area contributed by atoms with Crippen molar-refractivity contribution in [2.75, 3.05) is 0 Å². The largest absolute Gasteiger partial charge is 0.261 e. The molecule has 100 valence electrons. The van der Waals surface area contributed by atoms with Crippen molar-refractivity contribution in [3.05, 3.63) is 42.0 Å². The molecule has 0 aromatic carbocycles. The lowest BCUT2D eigenvalue weighted by molar-refractivity contribution is 0.714. The Balaban J connectivity index is 2.74. The van der Waals surface area contributed by atoms with Gasteiger partial charge >= 0.3 is 0 Å². The fourth-order valence-electron chi connectivity index (χ4n) is 2.25. The van der Waals surface area contributed by atoms with E-state index in [1.54, 1.807) is 0 Å². The smallest absolute Gasteiger partial charge is 0.0441 e. The summed E-state index contributed by atoms with van der Waals surface area (Å²) < 4.78 is 0. The lowest BCUT2D eigenvalue weighted by Gasteiger charge is -2.39. The Hall–Kier alpha value is -0.680. The standard InChI is InChI=1S/C16H26NP/c1-15(2,3)18(16(4,5)6)13-9-11-14-10-7-8-12-17-14/h7-10,12-13H,11H2,1-6H3. The summed E-state index contributed by atoms with van der Waals surface area (Å²) in [5.74, 6) is 2.43. The molecule has 0 unspecified atom stereocenters. The van der Waals surface area contributed by atoms with Gasteiger partial charge in [0.1, 0.15) is 0 Å². The first-order chi connectivity index (χ1) is 8.21. The van der Waals surface area contributed by atoms with Gasteiger partial charge in [0.25, 0.3) is 0 Å². The van der Waals surface area contributed by atoms with E-state index in [1.807, 2.05) is 18.3 Å². The van der Waals surface area contributed by atoms with Gasteiger partial charge in [-0.2, -0.15) is 0 Å². The van der Waals surface area contributed by atoms with Crippen molar-refractivity contribution in [1.29, 1.82) is 0 Å². The molecule has 0 radical (unpaired) electrons. The van der Waals surface area contributed by atoms with E-state index in [9.17, 15) is 0 Å². The zero-order chi connectivity index (χ0) is 13.8. The molecule has 0 atom stereocenters. The van der Waals surface area contributed by atoms with Crippen LogP contribution in [-0.2, 0) is 6.42 Å². The summed E-state index contributed by atoms with van der Waals surface area (Å²) in [6.45, 7) is 14.1. The van der Waals surface area contributed by atoms with Crippen LogP contribution in [0.5, 0.6) is 0 Å². The maximum Gasteiger partial charge on any atom is 0.0441 e. The molecule has 0 bridgehead atoms. The van der Waals surface area contributed by atoms with E-state index in [0.29, 0.717) is 10.3 Å². The molecule has 0 amide bonds. The van der Waals surface area contributed by atoms with Crippen molar-refractivity contribution < 1.29 is 0 Å². The second-order valence-corrected chi connectivity index (χ2v) is 10.3. The molecule has 1 rings (SSSR count). The number of hydrogen-bond donors (Lipinski definition) is 0. The first-order valence-electron chi connectivity index (χ1n) is 6.57. The van der Waals surface area contributed by atoms with Crippen LogP contribution in [0.15, 0.2) is 36.3 Å². The molecule has 0 aliphatic heterocycles. The first kappa shape index (κ1) is 15.4. The normalized spacial score (nSPS) is 13.5. The Labute approximate surface area is 113 Å². The van der Waals surface area contributed by atoms with E-state index < -0.39 is 0 Å². The van der Waals surface area contributed by atoms with Gasteiger partial charge in [-0.1, -0.05) is 67.4 Å². The fraction of sp³-hybridized carbons (Fsp3) is 0.562. The van der Waals surface area contributed by atoms with E-state index >= 15 is 0 Å². The maximum absolute atomic E-state index is 4.36. The molecule has 0 saturated heterocycles. The van der Waals surface area contributed by atoms with E-state index in [0.717, 1.165) is 12.1 Å². The highest BCUT2D eigenvalue weighted by molar-refractivity contribution is 7.63. The van der Waals surface area contributed by atoms with Crippen LogP contribution in [-0.4, -0.2) is 15.3 Å². The van der Waals surface area contributed by atoms with Gasteiger partial charge in [-0.3, -0.25) is 4.98 Å². The molecule has 0 saturated carbocycles. The highest BCUT2D eigenvalue weighted by Crippen LogP contribution is 2.60. The summed E-state index contributed by atoms with van der Waals surface area (Å²) in [6, 6.07) is 6.09. The molecule has 1 heterocycles. The van der Waals surface area contributed by atoms with E-state index in [2.05, 4.69) is 64.5 Å². The molecule has 18 heavy (non-hydrogen) atoms. The summed E-state index contributed by atoms with van der Waals surface area (Å²) in [6.07, 6.45) is 5.09. The van der Waals surface area contributed by atoms with Gasteiger partial charge in [-0.25, -0.2) is 0 Å². The van der Waals surface area contributed by atoms with Crippen LogP contribution >= 0.6 is 7.92 Å². The van der Waals surface area contributed by atoms with Crippen molar-refractivity contribution in [3.63, 3.8) is 0 Å². The summed E-state index contributed by atoms with van der Waals surface area (Å²) in [5, 5.41) is 0.711. The van der Waals surface area contributed by atoms with Crippen molar-refractivity contribution in [3.8, 4) is 0 Å². The van der Waals surface area contributed by atoms with Crippen LogP contribution in [0.1, 0.15) is 47.2 Å². The van der Waals surface area contributed by atoms with Gasteiger partial charge in [-0.15, -0.1) is 0 Å². The van der Waals surface area contributed by atoms with Gasteiger partial charge in [0.2, 0.25) is 0 Å². The number of rotatable bonds is 3. The molecular weight excluding hydrogens is 237 g/mol. The van der Waals surface area contributed by atoms with Crippen LogP contribution < -0.4 is 0 Å². The molecule has 1 nitrogen and oxygen atoms in total. The first-order valence-corrected chi connectivity index (χ1v) is 7.98. The van der Waals surface area contributed by atoms with Crippen molar-refractivity contribution in [2.45, 2.75) is 58.3 Å². The third-order valence-electron chi connectivity index (χ3n) is 2.75. The molecule has 0 N–H and O–H groups in total. The summed E-state index contributed by atoms with van der Waals surface area (Å²) in [4.78, 5) is 4.36. The lowest BCUT2D eigenvalue weighted by Crippen LogP contribution is -2.23. The second kappa shape index (κ2) is 5.97. The monoisotopic (exact) mass is 263 g/mol. The van der Waals surface area contributed by atoms with E-state index in [1.165, 1.54) is 0 Å². The number of aromatic nitrogens is 1. The highest BCUT2D eigenvalue weighted by atomic mass is 31.1. The molecule has 1 aromatic heterocycles. The topological polar surface area (TPSA) is 12.9 Å². The number of pyridine rings is 1. The van der Waals surface area contributed by atoms with Crippen molar-refractivity contribution in [1.82, 2.24) is 4.98 Å². The quantitative estimate of drug-likeness (QED) is 0.681. The Morgan fingerprint density at radius 3 is 2.11 bits per heavy atom. The Morgan fingerprint density at radius 1 is 1.06 bits per heavy atom. The molecule has 0 aliphatic carbocycles. The van der Waals surface area contributed by atoms with Crippen molar-refractivity contribution in [2.24, 2.45) is 0 Å². The Kier molecular flexibility index (Phi) is 5.10. The van der Waals surface area contributed by atoms with Gasteiger partial charge in [0, 0.05) is 18.3 Å². The zero-order valence-corrected chi connectivity index (χ0v) is 13.5. The van der Waals surface area contributed by atoms with Gasteiger partial charge in [0.05, 0.1) is 0 Å². The molecule has 1 aromatic rings.